The van der Waals surface area contributed by atoms with Gasteiger partial charge in [0, 0.05) is 17.1 Å². The molecule has 0 spiro atoms. The Balaban J connectivity index is 2.14. The molecule has 13 nitrogen and oxygen atoms in total. The van der Waals surface area contributed by atoms with Crippen molar-refractivity contribution >= 4 is 40.5 Å². The lowest BCUT2D eigenvalue weighted by Gasteiger charge is -2.25. The molecule has 1 heterocycles. The number of rotatable bonds is 16. The standard InChI is InChI=1S/C26H39N7O6/c1-14(2)22(26(38)39)33-25(37)20(12-21(29)34)32-24(36)19(9-5-6-10-27)31-23(35)17(28)11-15-13-30-18-8-4-3-7-16(15)18/h3-4,7-8,13-14,17,19-20,22,30H,5-6,9-12,27-28H2,1-2H3,(H2,29,34)(H,31,35)(H,32,36)(H,33,37)(H,38,39). The number of aromatic amines is 1. The van der Waals surface area contributed by atoms with Crippen LogP contribution in [-0.4, -0.2) is 70.4 Å². The molecule has 4 unspecified atom stereocenters. The SMILES string of the molecule is CC(C)C(NC(=O)C(CC(N)=O)NC(=O)C(CCCCN)NC(=O)C(N)Cc1c[nH]c2ccccc12)C(=O)O. The fraction of sp³-hybridized carbons (Fsp3) is 0.500. The minimum absolute atomic E-state index is 0.198. The van der Waals surface area contributed by atoms with E-state index in [9.17, 15) is 29.1 Å². The fourth-order valence-electron chi connectivity index (χ4n) is 4.12. The molecule has 0 radical (unpaired) electrons. The van der Waals surface area contributed by atoms with Gasteiger partial charge in [0.2, 0.25) is 23.6 Å². The summed E-state index contributed by atoms with van der Waals surface area (Å²) in [6.07, 6.45) is 2.70. The second kappa shape index (κ2) is 14.8. The monoisotopic (exact) mass is 545 g/mol. The van der Waals surface area contributed by atoms with Gasteiger partial charge < -0.3 is 43.2 Å². The van der Waals surface area contributed by atoms with Gasteiger partial charge in [0.1, 0.15) is 18.1 Å². The van der Waals surface area contributed by atoms with Gasteiger partial charge in [-0.1, -0.05) is 32.0 Å². The zero-order valence-electron chi connectivity index (χ0n) is 22.2. The zero-order valence-corrected chi connectivity index (χ0v) is 22.2. The number of aromatic nitrogens is 1. The highest BCUT2D eigenvalue weighted by Crippen LogP contribution is 2.19. The highest BCUT2D eigenvalue weighted by molar-refractivity contribution is 5.96. The smallest absolute Gasteiger partial charge is 0.326 e. The van der Waals surface area contributed by atoms with Crippen molar-refractivity contribution in [3.8, 4) is 0 Å². The first-order chi connectivity index (χ1) is 18.4. The van der Waals surface area contributed by atoms with Gasteiger partial charge >= 0.3 is 5.97 Å². The molecule has 0 fully saturated rings. The van der Waals surface area contributed by atoms with Crippen molar-refractivity contribution in [2.45, 2.75) is 70.1 Å². The maximum Gasteiger partial charge on any atom is 0.326 e. The van der Waals surface area contributed by atoms with E-state index in [0.29, 0.717) is 19.4 Å². The number of nitrogens with one attached hydrogen (secondary N) is 4. The number of H-pyrrole nitrogens is 1. The molecule has 2 aromatic rings. The number of primary amides is 1. The van der Waals surface area contributed by atoms with Crippen molar-refractivity contribution < 1.29 is 29.1 Å². The van der Waals surface area contributed by atoms with Gasteiger partial charge in [0.25, 0.3) is 0 Å². The van der Waals surface area contributed by atoms with Crippen LogP contribution >= 0.6 is 0 Å². The van der Waals surface area contributed by atoms with Crippen LogP contribution in [0, 0.1) is 5.92 Å². The third-order valence-corrected chi connectivity index (χ3v) is 6.30. The van der Waals surface area contributed by atoms with Crippen LogP contribution < -0.4 is 33.2 Å². The minimum Gasteiger partial charge on any atom is -0.480 e. The number of carbonyl (C=O) groups is 5. The molecule has 1 aromatic carbocycles. The molecule has 0 saturated heterocycles. The third-order valence-electron chi connectivity index (χ3n) is 6.30. The average molecular weight is 546 g/mol. The molecule has 2 rings (SSSR count). The van der Waals surface area contributed by atoms with Gasteiger partial charge in [-0.05, 0) is 49.8 Å². The number of fused-ring (bicyclic) bond motifs is 1. The average Bonchev–Trinajstić information content (AvgIpc) is 3.28. The Morgan fingerprint density at radius 2 is 1.59 bits per heavy atom. The Kier molecular flexibility index (Phi) is 11.9. The lowest BCUT2D eigenvalue weighted by atomic mass is 10.0. The van der Waals surface area contributed by atoms with Crippen LogP contribution in [0.5, 0.6) is 0 Å². The predicted molar refractivity (Wildman–Crippen MR) is 145 cm³/mol. The van der Waals surface area contributed by atoms with Crippen LogP contribution in [0.4, 0.5) is 0 Å². The van der Waals surface area contributed by atoms with Crippen molar-refractivity contribution in [3.63, 3.8) is 0 Å². The number of para-hydroxylation sites is 1. The Hall–Kier alpha value is -3.97. The molecule has 39 heavy (non-hydrogen) atoms. The van der Waals surface area contributed by atoms with Gasteiger partial charge in [-0.2, -0.15) is 0 Å². The molecule has 214 valence electrons. The second-order valence-electron chi connectivity index (χ2n) is 9.82. The number of unbranched alkanes of at least 4 members (excludes halogenated alkanes) is 1. The number of hydrogen-bond acceptors (Lipinski definition) is 7. The van der Waals surface area contributed by atoms with E-state index in [0.717, 1.165) is 16.5 Å². The lowest BCUT2D eigenvalue weighted by Crippen LogP contribution is -2.58. The number of carbonyl (C=O) groups excluding carboxylic acids is 4. The highest BCUT2D eigenvalue weighted by Gasteiger charge is 2.32. The van der Waals surface area contributed by atoms with Crippen molar-refractivity contribution in [2.75, 3.05) is 6.54 Å². The van der Waals surface area contributed by atoms with E-state index < -0.39 is 66.1 Å². The molecule has 0 bridgehead atoms. The van der Waals surface area contributed by atoms with Gasteiger partial charge in [-0.3, -0.25) is 19.2 Å². The van der Waals surface area contributed by atoms with Crippen LogP contribution in [0.15, 0.2) is 30.5 Å². The molecule has 4 amide bonds. The second-order valence-corrected chi connectivity index (χ2v) is 9.82. The number of hydrogen-bond donors (Lipinski definition) is 8. The van der Waals surface area contributed by atoms with E-state index in [4.69, 9.17) is 17.2 Å². The molecule has 0 aliphatic carbocycles. The van der Waals surface area contributed by atoms with Gasteiger partial charge in [0.05, 0.1) is 12.5 Å². The first-order valence-electron chi connectivity index (χ1n) is 12.9. The molecule has 0 aliphatic heterocycles. The van der Waals surface area contributed by atoms with E-state index in [1.54, 1.807) is 20.0 Å². The summed E-state index contributed by atoms with van der Waals surface area (Å²) >= 11 is 0. The first-order valence-corrected chi connectivity index (χ1v) is 12.9. The number of amides is 4. The van der Waals surface area contributed by atoms with E-state index >= 15 is 0 Å². The number of carboxylic acid groups (broad SMARTS) is 1. The van der Waals surface area contributed by atoms with E-state index in [2.05, 4.69) is 20.9 Å². The van der Waals surface area contributed by atoms with Gasteiger partial charge in [-0.15, -0.1) is 0 Å². The quantitative estimate of drug-likeness (QED) is 0.124. The third kappa shape index (κ3) is 9.37. The predicted octanol–water partition coefficient (Wildman–Crippen LogP) is -0.763. The minimum atomic E-state index is -1.44. The summed E-state index contributed by atoms with van der Waals surface area (Å²) in [5, 5.41) is 17.7. The molecule has 11 N–H and O–H groups in total. The maximum atomic E-state index is 13.2. The molecular weight excluding hydrogens is 506 g/mol. The molecule has 0 saturated carbocycles. The van der Waals surface area contributed by atoms with Crippen molar-refractivity contribution in [1.29, 1.82) is 0 Å². The molecule has 0 aliphatic rings. The number of nitrogens with two attached hydrogens (primary N) is 3. The highest BCUT2D eigenvalue weighted by atomic mass is 16.4. The maximum absolute atomic E-state index is 13.2. The van der Waals surface area contributed by atoms with Crippen LogP contribution in [0.1, 0.15) is 45.1 Å². The van der Waals surface area contributed by atoms with E-state index in [1.807, 2.05) is 24.3 Å². The Morgan fingerprint density at radius 1 is 0.949 bits per heavy atom. The molecule has 4 atom stereocenters. The topological polar surface area (TPSA) is 236 Å². The normalized spacial score (nSPS) is 14.3. The lowest BCUT2D eigenvalue weighted by molar-refractivity contribution is -0.143. The summed E-state index contributed by atoms with van der Waals surface area (Å²) in [6.45, 7) is 3.58. The van der Waals surface area contributed by atoms with Crippen LogP contribution in [0.2, 0.25) is 0 Å². The first kappa shape index (κ1) is 31.2. The summed E-state index contributed by atoms with van der Waals surface area (Å²) < 4.78 is 0. The molecule has 13 heteroatoms. The Morgan fingerprint density at radius 3 is 2.21 bits per heavy atom. The van der Waals surface area contributed by atoms with Gasteiger partial charge in [-0.25, -0.2) is 4.79 Å². The Labute approximate surface area is 226 Å². The largest absolute Gasteiger partial charge is 0.480 e. The summed E-state index contributed by atoms with van der Waals surface area (Å²) in [4.78, 5) is 65.2. The van der Waals surface area contributed by atoms with Crippen molar-refractivity contribution in [1.82, 2.24) is 20.9 Å². The molecular formula is C26H39N7O6. The van der Waals surface area contributed by atoms with E-state index in [1.165, 1.54) is 0 Å². The molecule has 1 aromatic heterocycles. The van der Waals surface area contributed by atoms with Crippen molar-refractivity contribution in [2.24, 2.45) is 23.1 Å². The summed E-state index contributed by atoms with van der Waals surface area (Å²) in [5.74, 6) is -4.80. The Bertz CT molecular complexity index is 1160. The van der Waals surface area contributed by atoms with Crippen molar-refractivity contribution in [3.05, 3.63) is 36.0 Å². The van der Waals surface area contributed by atoms with E-state index in [-0.39, 0.29) is 12.8 Å². The van der Waals surface area contributed by atoms with Crippen LogP contribution in [-0.2, 0) is 30.4 Å². The number of carboxylic acids is 1. The van der Waals surface area contributed by atoms with Gasteiger partial charge in [0.15, 0.2) is 0 Å². The van der Waals surface area contributed by atoms with Crippen LogP contribution in [0.25, 0.3) is 10.9 Å². The fourth-order valence-corrected chi connectivity index (χ4v) is 4.12. The van der Waals surface area contributed by atoms with Crippen LogP contribution in [0.3, 0.4) is 0 Å². The zero-order chi connectivity index (χ0) is 29.1. The summed E-state index contributed by atoms with van der Waals surface area (Å²) in [7, 11) is 0. The summed E-state index contributed by atoms with van der Waals surface area (Å²) in [6, 6.07) is 2.84. The number of aliphatic carboxylic acids is 1. The number of benzene rings is 1. The summed E-state index contributed by atoms with van der Waals surface area (Å²) in [5.41, 5.74) is 18.8.